The minimum Gasteiger partial charge on any atom is -0.393 e. The molecule has 8 heteroatoms. The number of hydrogen-bond donors (Lipinski definition) is 3. The Morgan fingerprint density at radius 2 is 1.69 bits per heavy atom. The Bertz CT molecular complexity index is 995. The maximum Gasteiger partial charge on any atom is 0.421 e. The zero-order valence-corrected chi connectivity index (χ0v) is 15.6. The lowest BCUT2D eigenvalue weighted by Gasteiger charge is -2.27. The number of hydrogen-bond acceptors (Lipinski definition) is 5. The van der Waals surface area contributed by atoms with Crippen LogP contribution in [0.3, 0.4) is 0 Å². The summed E-state index contributed by atoms with van der Waals surface area (Å²) in [6.07, 6.45) is -1.83. The van der Waals surface area contributed by atoms with Gasteiger partial charge in [0.2, 0.25) is 5.95 Å². The van der Waals surface area contributed by atoms with E-state index in [0.29, 0.717) is 25.7 Å². The van der Waals surface area contributed by atoms with Crippen molar-refractivity contribution in [3.05, 3.63) is 54.2 Å². The molecule has 1 aliphatic carbocycles. The van der Waals surface area contributed by atoms with E-state index in [1.165, 1.54) is 0 Å². The molecule has 0 amide bonds. The van der Waals surface area contributed by atoms with Crippen LogP contribution in [0.5, 0.6) is 0 Å². The number of aliphatic hydroxyl groups excluding tert-OH is 1. The molecule has 0 radical (unpaired) electrons. The first-order chi connectivity index (χ1) is 13.9. The van der Waals surface area contributed by atoms with Crippen LogP contribution in [0.15, 0.2) is 48.7 Å². The van der Waals surface area contributed by atoms with Crippen molar-refractivity contribution in [2.45, 2.75) is 44.0 Å². The Labute approximate surface area is 166 Å². The van der Waals surface area contributed by atoms with Crippen molar-refractivity contribution in [3.63, 3.8) is 0 Å². The molecule has 0 bridgehead atoms. The minimum atomic E-state index is -4.56. The average Bonchev–Trinajstić information content (AvgIpc) is 2.69. The maximum atomic E-state index is 13.5. The molecule has 0 unspecified atom stereocenters. The normalized spacial score (nSPS) is 19.9. The number of nitrogens with zero attached hydrogens (tertiary/aromatic N) is 2. The monoisotopic (exact) mass is 402 g/mol. The number of fused-ring (bicyclic) bond motifs is 1. The Morgan fingerprint density at radius 3 is 2.45 bits per heavy atom. The standard InChI is InChI=1S/C21H21F3N4O/c22-21(23,24)17-12-25-20(28-19(17)26-14-8-10-15(29)11-9-14)27-18-7-3-5-13-4-1-2-6-16(13)18/h1-7,12,14-15,29H,8-11H2,(H2,25,26,27,28). The van der Waals surface area contributed by atoms with Crippen LogP contribution in [0.1, 0.15) is 31.2 Å². The molecule has 3 aromatic rings. The van der Waals surface area contributed by atoms with Gasteiger partial charge in [-0.25, -0.2) is 4.98 Å². The lowest BCUT2D eigenvalue weighted by Crippen LogP contribution is -2.29. The summed E-state index contributed by atoms with van der Waals surface area (Å²) in [7, 11) is 0. The Morgan fingerprint density at radius 1 is 0.966 bits per heavy atom. The van der Waals surface area contributed by atoms with Crippen molar-refractivity contribution in [3.8, 4) is 0 Å². The van der Waals surface area contributed by atoms with Crippen LogP contribution in [0.25, 0.3) is 10.8 Å². The van der Waals surface area contributed by atoms with Gasteiger partial charge < -0.3 is 15.7 Å². The third-order valence-corrected chi connectivity index (χ3v) is 5.17. The number of alkyl halides is 3. The average molecular weight is 402 g/mol. The van der Waals surface area contributed by atoms with E-state index in [9.17, 15) is 18.3 Å². The van der Waals surface area contributed by atoms with Gasteiger partial charge in [0.15, 0.2) is 0 Å². The van der Waals surface area contributed by atoms with Gasteiger partial charge in [0.25, 0.3) is 0 Å². The van der Waals surface area contributed by atoms with Crippen molar-refractivity contribution in [1.29, 1.82) is 0 Å². The van der Waals surface area contributed by atoms with E-state index < -0.39 is 11.7 Å². The number of anilines is 3. The molecule has 4 rings (SSSR count). The zero-order chi connectivity index (χ0) is 20.4. The number of nitrogens with one attached hydrogen (secondary N) is 2. The second-order valence-corrected chi connectivity index (χ2v) is 7.26. The van der Waals surface area contributed by atoms with Crippen molar-refractivity contribution in [2.24, 2.45) is 0 Å². The van der Waals surface area contributed by atoms with Gasteiger partial charge in [-0.3, -0.25) is 0 Å². The third-order valence-electron chi connectivity index (χ3n) is 5.17. The van der Waals surface area contributed by atoms with E-state index in [0.717, 1.165) is 22.7 Å². The molecule has 1 heterocycles. The van der Waals surface area contributed by atoms with Gasteiger partial charge in [-0.15, -0.1) is 0 Å². The van der Waals surface area contributed by atoms with Gasteiger partial charge in [0, 0.05) is 23.3 Å². The highest BCUT2D eigenvalue weighted by Crippen LogP contribution is 2.35. The molecule has 3 N–H and O–H groups in total. The van der Waals surface area contributed by atoms with E-state index in [1.54, 1.807) is 0 Å². The molecular formula is C21H21F3N4O. The summed E-state index contributed by atoms with van der Waals surface area (Å²) in [6.45, 7) is 0. The van der Waals surface area contributed by atoms with Crippen molar-refractivity contribution in [1.82, 2.24) is 9.97 Å². The van der Waals surface area contributed by atoms with Gasteiger partial charge in [0.1, 0.15) is 11.4 Å². The summed E-state index contributed by atoms with van der Waals surface area (Å²) in [4.78, 5) is 8.03. The number of benzene rings is 2. The number of rotatable bonds is 4. The minimum absolute atomic E-state index is 0.0905. The van der Waals surface area contributed by atoms with E-state index in [1.807, 2.05) is 42.5 Å². The first-order valence-electron chi connectivity index (χ1n) is 9.54. The van der Waals surface area contributed by atoms with E-state index in [-0.39, 0.29) is 23.9 Å². The van der Waals surface area contributed by atoms with Crippen LogP contribution in [-0.2, 0) is 6.18 Å². The number of aliphatic hydroxyl groups is 1. The van der Waals surface area contributed by atoms with Gasteiger partial charge in [-0.2, -0.15) is 18.2 Å². The molecule has 5 nitrogen and oxygen atoms in total. The van der Waals surface area contributed by atoms with Gasteiger partial charge in [-0.1, -0.05) is 36.4 Å². The zero-order valence-electron chi connectivity index (χ0n) is 15.6. The second kappa shape index (κ2) is 7.87. The molecule has 1 fully saturated rings. The first-order valence-corrected chi connectivity index (χ1v) is 9.54. The SMILES string of the molecule is OC1CCC(Nc2nc(Nc3cccc4ccccc34)ncc2C(F)(F)F)CC1. The van der Waals surface area contributed by atoms with Crippen molar-refractivity contribution < 1.29 is 18.3 Å². The molecule has 0 atom stereocenters. The van der Waals surface area contributed by atoms with E-state index in [4.69, 9.17) is 0 Å². The summed E-state index contributed by atoms with van der Waals surface area (Å²) in [5.74, 6) is -0.149. The second-order valence-electron chi connectivity index (χ2n) is 7.26. The molecule has 1 aromatic heterocycles. The van der Waals surface area contributed by atoms with Gasteiger partial charge in [-0.05, 0) is 37.1 Å². The first kappa shape index (κ1) is 19.4. The fraction of sp³-hybridized carbons (Fsp3) is 0.333. The Hall–Kier alpha value is -2.87. The van der Waals surface area contributed by atoms with Crippen LogP contribution < -0.4 is 10.6 Å². The molecule has 0 saturated heterocycles. The fourth-order valence-corrected chi connectivity index (χ4v) is 3.63. The molecule has 152 valence electrons. The quantitative estimate of drug-likeness (QED) is 0.566. The largest absolute Gasteiger partial charge is 0.421 e. The highest BCUT2D eigenvalue weighted by molar-refractivity contribution is 5.94. The van der Waals surface area contributed by atoms with Crippen LogP contribution in [-0.4, -0.2) is 27.2 Å². The van der Waals surface area contributed by atoms with Crippen molar-refractivity contribution >= 4 is 28.2 Å². The van der Waals surface area contributed by atoms with E-state index >= 15 is 0 Å². The summed E-state index contributed by atoms with van der Waals surface area (Å²) < 4.78 is 40.4. The predicted molar refractivity (Wildman–Crippen MR) is 106 cm³/mol. The summed E-state index contributed by atoms with van der Waals surface area (Å²) in [6, 6.07) is 13.2. The topological polar surface area (TPSA) is 70.1 Å². The van der Waals surface area contributed by atoms with E-state index in [2.05, 4.69) is 20.6 Å². The van der Waals surface area contributed by atoms with Gasteiger partial charge >= 0.3 is 6.18 Å². The highest BCUT2D eigenvalue weighted by Gasteiger charge is 2.36. The molecular weight excluding hydrogens is 381 g/mol. The Kier molecular flexibility index (Phi) is 5.27. The molecule has 0 aliphatic heterocycles. The smallest absolute Gasteiger partial charge is 0.393 e. The molecule has 29 heavy (non-hydrogen) atoms. The van der Waals surface area contributed by atoms with Crippen LogP contribution in [0.2, 0.25) is 0 Å². The van der Waals surface area contributed by atoms with Crippen LogP contribution in [0.4, 0.5) is 30.6 Å². The number of halogens is 3. The summed E-state index contributed by atoms with van der Waals surface area (Å²) in [5.41, 5.74) is -0.179. The fourth-order valence-electron chi connectivity index (χ4n) is 3.63. The Balaban J connectivity index is 1.64. The highest BCUT2D eigenvalue weighted by atomic mass is 19.4. The predicted octanol–water partition coefficient (Wildman–Crippen LogP) is 5.11. The summed E-state index contributed by atoms with van der Waals surface area (Å²) in [5, 5.41) is 17.5. The lowest BCUT2D eigenvalue weighted by molar-refractivity contribution is -0.137. The van der Waals surface area contributed by atoms with Crippen LogP contribution >= 0.6 is 0 Å². The molecule has 1 saturated carbocycles. The number of aromatic nitrogens is 2. The van der Waals surface area contributed by atoms with Gasteiger partial charge in [0.05, 0.1) is 6.10 Å². The van der Waals surface area contributed by atoms with Crippen LogP contribution in [0, 0.1) is 0 Å². The summed E-state index contributed by atoms with van der Waals surface area (Å²) >= 11 is 0. The molecule has 0 spiro atoms. The third kappa shape index (κ3) is 4.42. The lowest BCUT2D eigenvalue weighted by atomic mass is 9.93. The maximum absolute atomic E-state index is 13.5. The molecule has 2 aromatic carbocycles. The van der Waals surface area contributed by atoms with Crippen molar-refractivity contribution in [2.75, 3.05) is 10.6 Å². The molecule has 1 aliphatic rings.